The molecule has 0 rings (SSSR count). The van der Waals surface area contributed by atoms with E-state index in [-0.39, 0.29) is 0 Å². The number of nitrogens with one attached hydrogen (secondary N) is 1. The third-order valence-corrected chi connectivity index (χ3v) is 2.42. The van der Waals surface area contributed by atoms with E-state index in [1.165, 1.54) is 0 Å². The third kappa shape index (κ3) is 4.27. The summed E-state index contributed by atoms with van der Waals surface area (Å²) in [7, 11) is 0. The number of hydrogen-bond acceptors (Lipinski definition) is 2. The average Bonchev–Trinajstić information content (AvgIpc) is 2.02. The van der Waals surface area contributed by atoms with Gasteiger partial charge in [-0.3, -0.25) is 10.3 Å². The maximum atomic E-state index is 7.29. The van der Waals surface area contributed by atoms with Gasteiger partial charge in [-0.1, -0.05) is 13.8 Å². The molecule has 3 N–H and O–H groups in total. The van der Waals surface area contributed by atoms with Gasteiger partial charge in [0.2, 0.25) is 0 Å². The second kappa shape index (κ2) is 5.97. The van der Waals surface area contributed by atoms with Crippen LogP contribution in [0.4, 0.5) is 0 Å². The molecule has 0 aliphatic heterocycles. The Balaban J connectivity index is 4.25. The molecule has 0 saturated carbocycles. The Kier molecular flexibility index (Phi) is 5.71. The van der Waals surface area contributed by atoms with Crippen LogP contribution in [0.3, 0.4) is 0 Å². The third-order valence-electron chi connectivity index (χ3n) is 2.42. The Bertz CT molecular complexity index is 154. The van der Waals surface area contributed by atoms with Gasteiger partial charge in [0.05, 0.1) is 5.84 Å². The highest BCUT2D eigenvalue weighted by Gasteiger charge is 2.18. The zero-order valence-corrected chi connectivity index (χ0v) is 9.30. The molecule has 3 heteroatoms. The highest BCUT2D eigenvalue weighted by molar-refractivity contribution is 5.77. The van der Waals surface area contributed by atoms with Crippen LogP contribution >= 0.6 is 0 Å². The number of hydrogen-bond donors (Lipinski definition) is 2. The first-order valence-electron chi connectivity index (χ1n) is 5.11. The van der Waals surface area contributed by atoms with E-state index in [4.69, 9.17) is 11.1 Å². The Hall–Kier alpha value is -0.570. The molecule has 0 saturated heterocycles. The molecular weight excluding hydrogens is 162 g/mol. The lowest BCUT2D eigenvalue weighted by Gasteiger charge is -2.33. The summed E-state index contributed by atoms with van der Waals surface area (Å²) < 4.78 is 0. The van der Waals surface area contributed by atoms with E-state index < -0.39 is 0 Å². The first-order chi connectivity index (χ1) is 6.02. The molecule has 0 aromatic carbocycles. The summed E-state index contributed by atoms with van der Waals surface area (Å²) in [6.07, 6.45) is 1.76. The zero-order valence-electron chi connectivity index (χ0n) is 9.30. The molecule has 13 heavy (non-hydrogen) atoms. The highest BCUT2D eigenvalue weighted by Crippen LogP contribution is 2.11. The summed E-state index contributed by atoms with van der Waals surface area (Å²) in [6, 6.07) is 0.969. The smallest absolute Gasteiger partial charge is 0.0921 e. The van der Waals surface area contributed by atoms with E-state index in [9.17, 15) is 0 Å². The fraction of sp³-hybridized carbons (Fsp3) is 0.900. The predicted molar refractivity (Wildman–Crippen MR) is 58.1 cm³/mol. The summed E-state index contributed by atoms with van der Waals surface area (Å²) in [5, 5.41) is 7.29. The minimum Gasteiger partial charge on any atom is -0.388 e. The minimum absolute atomic E-state index is 0.297. The van der Waals surface area contributed by atoms with Crippen molar-refractivity contribution in [2.24, 2.45) is 5.73 Å². The SMILES string of the molecule is CCC(CC(=N)N)N(CC)C(C)C. The molecule has 0 radical (unpaired) electrons. The van der Waals surface area contributed by atoms with Crippen molar-refractivity contribution in [2.45, 2.75) is 52.6 Å². The molecule has 0 spiro atoms. The van der Waals surface area contributed by atoms with Gasteiger partial charge in [0.1, 0.15) is 0 Å². The van der Waals surface area contributed by atoms with Crippen molar-refractivity contribution in [3.05, 3.63) is 0 Å². The van der Waals surface area contributed by atoms with Gasteiger partial charge in [0.15, 0.2) is 0 Å². The normalized spacial score (nSPS) is 13.7. The van der Waals surface area contributed by atoms with Crippen molar-refractivity contribution in [2.75, 3.05) is 6.54 Å². The van der Waals surface area contributed by atoms with Crippen molar-refractivity contribution >= 4 is 5.84 Å². The van der Waals surface area contributed by atoms with Crippen LogP contribution in [0.5, 0.6) is 0 Å². The van der Waals surface area contributed by atoms with Crippen molar-refractivity contribution < 1.29 is 0 Å². The fourth-order valence-corrected chi connectivity index (χ4v) is 1.79. The van der Waals surface area contributed by atoms with Gasteiger partial charge in [0, 0.05) is 18.5 Å². The van der Waals surface area contributed by atoms with Crippen LogP contribution in [-0.2, 0) is 0 Å². The van der Waals surface area contributed by atoms with E-state index in [2.05, 4.69) is 32.6 Å². The molecule has 1 unspecified atom stereocenters. The standard InChI is InChI=1S/C10H23N3/c1-5-9(7-10(11)12)13(6-2)8(3)4/h8-9H,5-7H2,1-4H3,(H3,11,12). The van der Waals surface area contributed by atoms with Crippen LogP contribution in [-0.4, -0.2) is 29.4 Å². The monoisotopic (exact) mass is 185 g/mol. The summed E-state index contributed by atoms with van der Waals surface area (Å²) in [5.74, 6) is 0.297. The minimum atomic E-state index is 0.297. The molecule has 0 aliphatic rings. The van der Waals surface area contributed by atoms with Crippen LogP contribution in [0.15, 0.2) is 0 Å². The molecule has 1 atom stereocenters. The second-order valence-corrected chi connectivity index (χ2v) is 3.72. The number of amidine groups is 1. The number of nitrogens with two attached hydrogens (primary N) is 1. The fourth-order valence-electron chi connectivity index (χ4n) is 1.79. The maximum Gasteiger partial charge on any atom is 0.0921 e. The van der Waals surface area contributed by atoms with Crippen molar-refractivity contribution in [1.29, 1.82) is 5.41 Å². The largest absolute Gasteiger partial charge is 0.388 e. The van der Waals surface area contributed by atoms with Crippen LogP contribution in [0.25, 0.3) is 0 Å². The maximum absolute atomic E-state index is 7.29. The van der Waals surface area contributed by atoms with Crippen molar-refractivity contribution in [3.8, 4) is 0 Å². The van der Waals surface area contributed by atoms with Gasteiger partial charge in [-0.15, -0.1) is 0 Å². The average molecular weight is 185 g/mol. The molecule has 0 bridgehead atoms. The van der Waals surface area contributed by atoms with E-state index in [0.717, 1.165) is 13.0 Å². The molecular formula is C10H23N3. The summed E-state index contributed by atoms with van der Waals surface area (Å²) in [6.45, 7) is 9.71. The van der Waals surface area contributed by atoms with Crippen LogP contribution in [0.1, 0.15) is 40.5 Å². The molecule has 0 heterocycles. The lowest BCUT2D eigenvalue weighted by atomic mass is 10.1. The molecule has 0 aromatic heterocycles. The zero-order chi connectivity index (χ0) is 10.4. The lowest BCUT2D eigenvalue weighted by molar-refractivity contribution is 0.161. The van der Waals surface area contributed by atoms with Crippen LogP contribution in [0, 0.1) is 5.41 Å². The van der Waals surface area contributed by atoms with Crippen molar-refractivity contribution in [3.63, 3.8) is 0 Å². The molecule has 0 aromatic rings. The predicted octanol–water partition coefficient (Wildman–Crippen LogP) is 1.82. The molecule has 78 valence electrons. The van der Waals surface area contributed by atoms with Crippen LogP contribution < -0.4 is 5.73 Å². The van der Waals surface area contributed by atoms with E-state index in [1.54, 1.807) is 0 Å². The molecule has 0 fully saturated rings. The van der Waals surface area contributed by atoms with Gasteiger partial charge in [-0.05, 0) is 26.8 Å². The van der Waals surface area contributed by atoms with Gasteiger partial charge >= 0.3 is 0 Å². The number of nitrogens with zero attached hydrogens (tertiary/aromatic N) is 1. The first kappa shape index (κ1) is 12.4. The molecule has 0 aliphatic carbocycles. The Morgan fingerprint density at radius 3 is 2.15 bits per heavy atom. The van der Waals surface area contributed by atoms with Crippen LogP contribution in [0.2, 0.25) is 0 Å². The number of rotatable bonds is 6. The van der Waals surface area contributed by atoms with E-state index >= 15 is 0 Å². The Morgan fingerprint density at radius 2 is 1.92 bits per heavy atom. The molecule has 0 amide bonds. The van der Waals surface area contributed by atoms with Gasteiger partial charge in [0.25, 0.3) is 0 Å². The van der Waals surface area contributed by atoms with Gasteiger partial charge in [-0.25, -0.2) is 0 Å². The van der Waals surface area contributed by atoms with Gasteiger partial charge < -0.3 is 5.73 Å². The second-order valence-electron chi connectivity index (χ2n) is 3.72. The summed E-state index contributed by atoms with van der Waals surface area (Å²) in [4.78, 5) is 2.39. The van der Waals surface area contributed by atoms with Crippen molar-refractivity contribution in [1.82, 2.24) is 4.90 Å². The van der Waals surface area contributed by atoms with E-state index in [1.807, 2.05) is 0 Å². The molecule has 3 nitrogen and oxygen atoms in total. The Morgan fingerprint density at radius 1 is 1.38 bits per heavy atom. The quantitative estimate of drug-likeness (QED) is 0.490. The topological polar surface area (TPSA) is 53.1 Å². The summed E-state index contributed by atoms with van der Waals surface area (Å²) in [5.41, 5.74) is 5.42. The van der Waals surface area contributed by atoms with E-state index in [0.29, 0.717) is 24.3 Å². The Labute approximate surface area is 81.8 Å². The summed E-state index contributed by atoms with van der Waals surface area (Å²) >= 11 is 0. The lowest BCUT2D eigenvalue weighted by Crippen LogP contribution is -2.42. The van der Waals surface area contributed by atoms with Gasteiger partial charge in [-0.2, -0.15) is 0 Å². The highest BCUT2D eigenvalue weighted by atomic mass is 15.2. The first-order valence-corrected chi connectivity index (χ1v) is 5.11.